The minimum absolute atomic E-state index is 0.266. The first-order valence-corrected chi connectivity index (χ1v) is 7.40. The summed E-state index contributed by atoms with van der Waals surface area (Å²) in [7, 11) is -3.72. The molecule has 0 atom stereocenters. The van der Waals surface area contributed by atoms with E-state index in [1.165, 1.54) is 22.5 Å². The molecule has 3 nitrogen and oxygen atoms in total. The molecule has 0 heterocycles. The Morgan fingerprint density at radius 3 is 2.50 bits per heavy atom. The summed E-state index contributed by atoms with van der Waals surface area (Å²) < 4.78 is 38.7. The summed E-state index contributed by atoms with van der Waals surface area (Å²) in [5.74, 6) is -0.712. The predicted molar refractivity (Wildman–Crippen MR) is 64.6 cm³/mol. The van der Waals surface area contributed by atoms with Crippen LogP contribution in [0.15, 0.2) is 29.2 Å². The Morgan fingerprint density at radius 2 is 2.00 bits per heavy atom. The van der Waals surface area contributed by atoms with Crippen molar-refractivity contribution in [2.75, 3.05) is 18.4 Å². The fourth-order valence-electron chi connectivity index (χ4n) is 1.34. The van der Waals surface area contributed by atoms with Gasteiger partial charge in [0.15, 0.2) is 0 Å². The first kappa shape index (κ1) is 13.6. The molecule has 90 valence electrons. The average molecular weight is 310 g/mol. The van der Waals surface area contributed by atoms with Crippen LogP contribution in [0.3, 0.4) is 0 Å². The van der Waals surface area contributed by atoms with E-state index in [0.29, 0.717) is 18.4 Å². The fraction of sp³-hybridized carbons (Fsp3) is 0.400. The Balaban J connectivity index is 3.15. The molecule has 1 aromatic carbocycles. The van der Waals surface area contributed by atoms with E-state index in [4.69, 9.17) is 0 Å². The molecule has 0 bridgehead atoms. The summed E-state index contributed by atoms with van der Waals surface area (Å²) in [5.41, 5.74) is 0. The molecule has 0 saturated heterocycles. The molecule has 0 aliphatic heterocycles. The highest BCUT2D eigenvalue weighted by Gasteiger charge is 2.25. The van der Waals surface area contributed by atoms with E-state index in [0.717, 1.165) is 6.07 Å². The fourth-order valence-corrected chi connectivity index (χ4v) is 3.51. The molecule has 0 fully saturated rings. The van der Waals surface area contributed by atoms with E-state index in [1.807, 2.05) is 0 Å². The zero-order chi connectivity index (χ0) is 12.2. The zero-order valence-corrected chi connectivity index (χ0v) is 11.3. The molecular weight excluding hydrogens is 297 g/mol. The van der Waals surface area contributed by atoms with Crippen LogP contribution in [0, 0.1) is 5.82 Å². The largest absolute Gasteiger partial charge is 0.246 e. The molecule has 1 rings (SSSR count). The molecule has 0 unspecified atom stereocenters. The van der Waals surface area contributed by atoms with Gasteiger partial charge in [0.2, 0.25) is 10.0 Å². The summed E-state index contributed by atoms with van der Waals surface area (Å²) >= 11 is 3.17. The third kappa shape index (κ3) is 2.81. The van der Waals surface area contributed by atoms with Crippen LogP contribution < -0.4 is 0 Å². The number of halogens is 2. The lowest BCUT2D eigenvalue weighted by atomic mass is 10.4. The number of alkyl halides is 1. The second-order valence-electron chi connectivity index (χ2n) is 3.12. The lowest BCUT2D eigenvalue weighted by Crippen LogP contribution is -2.33. The lowest BCUT2D eigenvalue weighted by Gasteiger charge is -2.19. The van der Waals surface area contributed by atoms with Crippen LogP contribution in [0.2, 0.25) is 0 Å². The minimum Gasteiger partial charge on any atom is -0.207 e. The molecule has 6 heteroatoms. The van der Waals surface area contributed by atoms with Gasteiger partial charge in [-0.2, -0.15) is 4.31 Å². The van der Waals surface area contributed by atoms with Crippen molar-refractivity contribution in [1.29, 1.82) is 0 Å². The van der Waals surface area contributed by atoms with Crippen LogP contribution >= 0.6 is 15.9 Å². The van der Waals surface area contributed by atoms with Crippen molar-refractivity contribution in [2.45, 2.75) is 11.8 Å². The molecule has 0 amide bonds. The molecule has 0 radical (unpaired) electrons. The van der Waals surface area contributed by atoms with Crippen LogP contribution in [-0.2, 0) is 10.0 Å². The maximum absolute atomic E-state index is 13.4. The number of nitrogens with zero attached hydrogens (tertiary/aromatic N) is 1. The Bertz CT molecular complexity index is 450. The van der Waals surface area contributed by atoms with Gasteiger partial charge in [0.1, 0.15) is 10.7 Å². The van der Waals surface area contributed by atoms with Gasteiger partial charge in [-0.25, -0.2) is 12.8 Å². The first-order chi connectivity index (χ1) is 7.54. The monoisotopic (exact) mass is 309 g/mol. The molecule has 0 spiro atoms. The van der Waals surface area contributed by atoms with Crippen LogP contribution in [-0.4, -0.2) is 31.1 Å². The maximum atomic E-state index is 13.4. The molecule has 1 aromatic rings. The van der Waals surface area contributed by atoms with Crippen molar-refractivity contribution in [1.82, 2.24) is 4.31 Å². The molecule has 0 aromatic heterocycles. The van der Waals surface area contributed by atoms with Crippen molar-refractivity contribution >= 4 is 26.0 Å². The number of hydrogen-bond donors (Lipinski definition) is 0. The highest BCUT2D eigenvalue weighted by molar-refractivity contribution is 9.09. The van der Waals surface area contributed by atoms with Crippen molar-refractivity contribution in [3.8, 4) is 0 Å². The Hall–Kier alpha value is -0.460. The number of rotatable bonds is 5. The van der Waals surface area contributed by atoms with E-state index in [9.17, 15) is 12.8 Å². The SMILES string of the molecule is CCN(CCBr)S(=O)(=O)c1ccccc1F. The van der Waals surface area contributed by atoms with Crippen molar-refractivity contribution in [2.24, 2.45) is 0 Å². The van der Waals surface area contributed by atoms with Gasteiger partial charge in [0, 0.05) is 18.4 Å². The second kappa shape index (κ2) is 5.75. The van der Waals surface area contributed by atoms with Crippen LogP contribution in [0.4, 0.5) is 4.39 Å². The van der Waals surface area contributed by atoms with E-state index >= 15 is 0 Å². The van der Waals surface area contributed by atoms with E-state index in [-0.39, 0.29) is 4.90 Å². The molecule has 0 aliphatic carbocycles. The van der Waals surface area contributed by atoms with Crippen molar-refractivity contribution in [3.05, 3.63) is 30.1 Å². The van der Waals surface area contributed by atoms with Crippen LogP contribution in [0.1, 0.15) is 6.92 Å². The molecule has 0 N–H and O–H groups in total. The topological polar surface area (TPSA) is 37.4 Å². The van der Waals surface area contributed by atoms with Crippen LogP contribution in [0.25, 0.3) is 0 Å². The molecular formula is C10H13BrFNO2S. The van der Waals surface area contributed by atoms with Gasteiger partial charge in [0.25, 0.3) is 0 Å². The first-order valence-electron chi connectivity index (χ1n) is 4.84. The summed E-state index contributed by atoms with van der Waals surface area (Å²) in [6.07, 6.45) is 0. The summed E-state index contributed by atoms with van der Waals surface area (Å²) in [4.78, 5) is -0.266. The normalized spacial score (nSPS) is 12.0. The minimum atomic E-state index is -3.72. The summed E-state index contributed by atoms with van der Waals surface area (Å²) in [6.45, 7) is 2.37. The number of hydrogen-bond acceptors (Lipinski definition) is 2. The van der Waals surface area contributed by atoms with Crippen molar-refractivity contribution in [3.63, 3.8) is 0 Å². The Kier molecular flexibility index (Phi) is 4.89. The van der Waals surface area contributed by atoms with Crippen LogP contribution in [0.5, 0.6) is 0 Å². The molecule has 16 heavy (non-hydrogen) atoms. The van der Waals surface area contributed by atoms with Gasteiger partial charge >= 0.3 is 0 Å². The number of sulfonamides is 1. The van der Waals surface area contributed by atoms with Gasteiger partial charge in [-0.05, 0) is 12.1 Å². The highest BCUT2D eigenvalue weighted by Crippen LogP contribution is 2.18. The van der Waals surface area contributed by atoms with Gasteiger partial charge in [-0.1, -0.05) is 35.0 Å². The summed E-state index contributed by atoms with van der Waals surface area (Å²) in [5, 5.41) is 0.522. The second-order valence-corrected chi connectivity index (χ2v) is 5.82. The van der Waals surface area contributed by atoms with Gasteiger partial charge in [-0.15, -0.1) is 0 Å². The van der Waals surface area contributed by atoms with Crippen molar-refractivity contribution < 1.29 is 12.8 Å². The Labute approximate surface area is 103 Å². The zero-order valence-electron chi connectivity index (χ0n) is 8.86. The summed E-state index contributed by atoms with van der Waals surface area (Å²) in [6, 6.07) is 5.41. The molecule has 0 aliphatic rings. The predicted octanol–water partition coefficient (Wildman–Crippen LogP) is 2.23. The Morgan fingerprint density at radius 1 is 1.38 bits per heavy atom. The van der Waals surface area contributed by atoms with E-state index < -0.39 is 15.8 Å². The lowest BCUT2D eigenvalue weighted by molar-refractivity contribution is 0.443. The van der Waals surface area contributed by atoms with E-state index in [2.05, 4.69) is 15.9 Å². The van der Waals surface area contributed by atoms with E-state index in [1.54, 1.807) is 6.92 Å². The van der Waals surface area contributed by atoms with Gasteiger partial charge < -0.3 is 0 Å². The highest BCUT2D eigenvalue weighted by atomic mass is 79.9. The smallest absolute Gasteiger partial charge is 0.207 e. The number of benzene rings is 1. The third-order valence-corrected chi connectivity index (χ3v) is 4.50. The third-order valence-electron chi connectivity index (χ3n) is 2.14. The maximum Gasteiger partial charge on any atom is 0.246 e. The average Bonchev–Trinajstić information content (AvgIpc) is 2.26. The van der Waals surface area contributed by atoms with Gasteiger partial charge in [-0.3, -0.25) is 0 Å². The molecule has 0 saturated carbocycles. The standard InChI is InChI=1S/C10H13BrFNO2S/c1-2-13(8-7-11)16(14,15)10-6-4-3-5-9(10)12/h3-6H,2,7-8H2,1H3. The van der Waals surface area contributed by atoms with Gasteiger partial charge in [0.05, 0.1) is 0 Å². The quantitative estimate of drug-likeness (QED) is 0.782.